The Morgan fingerprint density at radius 3 is 2.77 bits per heavy atom. The van der Waals surface area contributed by atoms with Crippen LogP contribution >= 0.6 is 35.3 Å². The molecule has 22 heavy (non-hydrogen) atoms. The van der Waals surface area contributed by atoms with Crippen molar-refractivity contribution in [3.8, 4) is 10.6 Å². The van der Waals surface area contributed by atoms with Gasteiger partial charge in [-0.15, -0.1) is 23.7 Å². The molecule has 3 rings (SSSR count). The monoisotopic (exact) mass is 361 g/mol. The standard InChI is InChI=1S/C14H16ClN3O2S.ClH/c15-12-4-3-11(21-12)10-7-9(18-20-10)13(19)17-14(8-16)5-1-2-6-14;/h3-4,7H,1-2,5-6,8,16H2,(H,17,19);1H. The first-order valence-electron chi connectivity index (χ1n) is 6.87. The van der Waals surface area contributed by atoms with Gasteiger partial charge in [0.25, 0.3) is 5.91 Å². The van der Waals surface area contributed by atoms with Crippen LogP contribution < -0.4 is 11.1 Å². The van der Waals surface area contributed by atoms with Crippen LogP contribution in [0.15, 0.2) is 22.7 Å². The van der Waals surface area contributed by atoms with Crippen molar-refractivity contribution in [2.75, 3.05) is 6.54 Å². The van der Waals surface area contributed by atoms with E-state index in [0.717, 1.165) is 30.6 Å². The van der Waals surface area contributed by atoms with E-state index in [-0.39, 0.29) is 29.5 Å². The van der Waals surface area contributed by atoms with E-state index in [0.29, 0.717) is 16.6 Å². The van der Waals surface area contributed by atoms with Gasteiger partial charge in [-0.1, -0.05) is 29.6 Å². The number of hydrogen-bond donors (Lipinski definition) is 2. The van der Waals surface area contributed by atoms with Crippen molar-refractivity contribution < 1.29 is 9.32 Å². The second-order valence-electron chi connectivity index (χ2n) is 5.33. The van der Waals surface area contributed by atoms with Gasteiger partial charge in [0.15, 0.2) is 11.5 Å². The first-order valence-corrected chi connectivity index (χ1v) is 8.06. The van der Waals surface area contributed by atoms with Crippen molar-refractivity contribution in [2.24, 2.45) is 5.73 Å². The summed E-state index contributed by atoms with van der Waals surface area (Å²) in [6.45, 7) is 0.448. The lowest BCUT2D eigenvalue weighted by Crippen LogP contribution is -2.51. The number of thiophene rings is 1. The molecule has 120 valence electrons. The molecule has 1 amide bonds. The molecule has 1 aliphatic carbocycles. The molecule has 1 saturated carbocycles. The molecule has 2 aromatic rings. The topological polar surface area (TPSA) is 81.1 Å². The van der Waals surface area contributed by atoms with Crippen molar-refractivity contribution in [3.63, 3.8) is 0 Å². The van der Waals surface area contributed by atoms with E-state index in [2.05, 4.69) is 10.5 Å². The second-order valence-corrected chi connectivity index (χ2v) is 7.04. The SMILES string of the molecule is Cl.NCC1(NC(=O)c2cc(-c3ccc(Cl)s3)on2)CCCC1. The fourth-order valence-corrected chi connectivity index (χ4v) is 3.67. The number of nitrogens with zero attached hydrogens (tertiary/aromatic N) is 1. The van der Waals surface area contributed by atoms with Gasteiger partial charge < -0.3 is 15.6 Å². The van der Waals surface area contributed by atoms with E-state index in [4.69, 9.17) is 21.9 Å². The van der Waals surface area contributed by atoms with Crippen molar-refractivity contribution in [3.05, 3.63) is 28.2 Å². The van der Waals surface area contributed by atoms with Gasteiger partial charge in [-0.25, -0.2) is 0 Å². The van der Waals surface area contributed by atoms with Crippen LogP contribution in [-0.2, 0) is 0 Å². The summed E-state index contributed by atoms with van der Waals surface area (Å²) in [7, 11) is 0. The molecule has 1 aliphatic rings. The molecule has 2 aromatic heterocycles. The highest BCUT2D eigenvalue weighted by Gasteiger charge is 2.34. The zero-order valence-corrected chi connectivity index (χ0v) is 14.2. The molecule has 0 atom stereocenters. The Labute approximate surface area is 143 Å². The minimum Gasteiger partial charge on any atom is -0.355 e. The number of halogens is 2. The van der Waals surface area contributed by atoms with Crippen molar-refractivity contribution in [1.29, 1.82) is 0 Å². The summed E-state index contributed by atoms with van der Waals surface area (Å²) in [6.07, 6.45) is 4.02. The quantitative estimate of drug-likeness (QED) is 0.873. The fraction of sp³-hybridized carbons (Fsp3) is 0.429. The van der Waals surface area contributed by atoms with Crippen LogP contribution in [0, 0.1) is 0 Å². The van der Waals surface area contributed by atoms with Gasteiger partial charge in [-0.2, -0.15) is 0 Å². The fourth-order valence-electron chi connectivity index (χ4n) is 2.68. The average Bonchev–Trinajstić information content (AvgIpc) is 3.18. The van der Waals surface area contributed by atoms with Gasteiger partial charge in [0.1, 0.15) is 0 Å². The molecule has 1 fully saturated rings. The lowest BCUT2D eigenvalue weighted by atomic mass is 9.97. The van der Waals surface area contributed by atoms with Gasteiger partial charge in [-0.05, 0) is 25.0 Å². The number of aromatic nitrogens is 1. The van der Waals surface area contributed by atoms with E-state index in [1.54, 1.807) is 12.1 Å². The third-order valence-corrected chi connectivity index (χ3v) is 5.13. The molecule has 0 spiro atoms. The average molecular weight is 362 g/mol. The predicted octanol–water partition coefficient (Wildman–Crippen LogP) is 3.48. The Kier molecular flexibility index (Phi) is 5.50. The van der Waals surface area contributed by atoms with E-state index in [1.807, 2.05) is 6.07 Å². The van der Waals surface area contributed by atoms with Gasteiger partial charge >= 0.3 is 0 Å². The van der Waals surface area contributed by atoms with Crippen LogP contribution in [0.4, 0.5) is 0 Å². The molecule has 2 heterocycles. The zero-order chi connectivity index (χ0) is 14.9. The molecular weight excluding hydrogens is 345 g/mol. The van der Waals surface area contributed by atoms with E-state index in [9.17, 15) is 4.79 Å². The molecule has 0 aromatic carbocycles. The Morgan fingerprint density at radius 1 is 1.45 bits per heavy atom. The van der Waals surface area contributed by atoms with E-state index < -0.39 is 0 Å². The largest absolute Gasteiger partial charge is 0.355 e. The van der Waals surface area contributed by atoms with Crippen molar-refractivity contribution in [1.82, 2.24) is 10.5 Å². The second kappa shape index (κ2) is 7.00. The lowest BCUT2D eigenvalue weighted by Gasteiger charge is -2.28. The van der Waals surface area contributed by atoms with Crippen LogP contribution in [0.5, 0.6) is 0 Å². The summed E-state index contributed by atoms with van der Waals surface area (Å²) >= 11 is 7.28. The number of amides is 1. The molecule has 5 nitrogen and oxygen atoms in total. The van der Waals surface area contributed by atoms with Gasteiger partial charge in [0, 0.05) is 12.6 Å². The maximum absolute atomic E-state index is 12.3. The Balaban J connectivity index is 0.00000176. The minimum absolute atomic E-state index is 0. The molecule has 0 bridgehead atoms. The first kappa shape index (κ1) is 17.3. The number of nitrogens with two attached hydrogens (primary N) is 1. The molecule has 0 saturated heterocycles. The predicted molar refractivity (Wildman–Crippen MR) is 89.8 cm³/mol. The number of nitrogens with one attached hydrogen (secondary N) is 1. The van der Waals surface area contributed by atoms with Crippen LogP contribution in [-0.4, -0.2) is 23.1 Å². The number of carbonyl (C=O) groups excluding carboxylic acids is 1. The van der Waals surface area contributed by atoms with Gasteiger partial charge in [0.05, 0.1) is 14.8 Å². The normalized spacial score (nSPS) is 16.3. The van der Waals surface area contributed by atoms with Crippen LogP contribution in [0.3, 0.4) is 0 Å². The summed E-state index contributed by atoms with van der Waals surface area (Å²) in [4.78, 5) is 13.2. The molecule has 0 aliphatic heterocycles. The van der Waals surface area contributed by atoms with Crippen molar-refractivity contribution in [2.45, 2.75) is 31.2 Å². The summed E-state index contributed by atoms with van der Waals surface area (Å²) in [5.74, 6) is 0.310. The third kappa shape index (κ3) is 3.46. The minimum atomic E-state index is -0.289. The highest BCUT2D eigenvalue weighted by atomic mass is 35.5. The number of carbonyl (C=O) groups is 1. The Bertz CT molecular complexity index is 650. The molecule has 0 unspecified atom stereocenters. The molecule has 8 heteroatoms. The van der Waals surface area contributed by atoms with Gasteiger partial charge in [-0.3, -0.25) is 4.79 Å². The Hall–Kier alpha value is -1.08. The van der Waals surface area contributed by atoms with Crippen molar-refractivity contribution >= 4 is 41.3 Å². The molecular formula is C14H17Cl2N3O2S. The first-order chi connectivity index (χ1) is 10.1. The smallest absolute Gasteiger partial charge is 0.273 e. The third-order valence-electron chi connectivity index (χ3n) is 3.89. The number of hydrogen-bond acceptors (Lipinski definition) is 5. The maximum Gasteiger partial charge on any atom is 0.273 e. The molecule has 0 radical (unpaired) electrons. The Morgan fingerprint density at radius 2 is 2.18 bits per heavy atom. The maximum atomic E-state index is 12.3. The highest BCUT2D eigenvalue weighted by Crippen LogP contribution is 2.32. The summed E-state index contributed by atoms with van der Waals surface area (Å²) < 4.78 is 5.89. The highest BCUT2D eigenvalue weighted by molar-refractivity contribution is 7.19. The number of rotatable bonds is 4. The van der Waals surface area contributed by atoms with Crippen LogP contribution in [0.2, 0.25) is 4.34 Å². The van der Waals surface area contributed by atoms with E-state index in [1.165, 1.54) is 11.3 Å². The van der Waals surface area contributed by atoms with Crippen LogP contribution in [0.1, 0.15) is 36.2 Å². The lowest BCUT2D eigenvalue weighted by molar-refractivity contribution is 0.0894. The summed E-state index contributed by atoms with van der Waals surface area (Å²) in [5, 5.41) is 6.86. The van der Waals surface area contributed by atoms with E-state index >= 15 is 0 Å². The molecule has 3 N–H and O–H groups in total. The zero-order valence-electron chi connectivity index (χ0n) is 11.8. The van der Waals surface area contributed by atoms with Crippen LogP contribution in [0.25, 0.3) is 10.6 Å². The summed E-state index contributed by atoms with van der Waals surface area (Å²) in [5.41, 5.74) is 5.81. The summed E-state index contributed by atoms with van der Waals surface area (Å²) in [6, 6.07) is 5.26. The van der Waals surface area contributed by atoms with Gasteiger partial charge in [0.2, 0.25) is 0 Å².